The Labute approximate surface area is 95.6 Å². The highest BCUT2D eigenvalue weighted by atomic mass is 32.2. The van der Waals surface area contributed by atoms with Crippen LogP contribution in [0.1, 0.15) is 5.56 Å². The lowest BCUT2D eigenvalue weighted by Gasteiger charge is -2.16. The summed E-state index contributed by atoms with van der Waals surface area (Å²) in [5.41, 5.74) is 0.837. The number of sulfonamides is 1. The molecule has 0 bridgehead atoms. The number of benzene rings is 1. The molecule has 6 heteroatoms. The third-order valence-electron chi connectivity index (χ3n) is 2.19. The van der Waals surface area contributed by atoms with E-state index in [0.29, 0.717) is 5.75 Å². The molecule has 0 spiro atoms. The molecule has 0 aliphatic heterocycles. The first-order valence-electron chi connectivity index (χ1n) is 4.61. The van der Waals surface area contributed by atoms with Crippen LogP contribution in [0.2, 0.25) is 0 Å². The van der Waals surface area contributed by atoms with E-state index in [1.54, 1.807) is 18.2 Å². The van der Waals surface area contributed by atoms with Crippen molar-refractivity contribution >= 4 is 10.0 Å². The highest BCUT2D eigenvalue weighted by Gasteiger charge is 2.24. The zero-order chi connectivity index (χ0) is 12.3. The van der Waals surface area contributed by atoms with Crippen molar-refractivity contribution < 1.29 is 18.0 Å². The molecule has 0 unspecified atom stereocenters. The molecular weight excluding hydrogens is 230 g/mol. The molecule has 1 aromatic carbocycles. The SMILES string of the molecule is COc1ccc(C)cc1S(=O)(=O)N(C)OC. The van der Waals surface area contributed by atoms with Crippen LogP contribution in [0.25, 0.3) is 0 Å². The number of hydrogen-bond acceptors (Lipinski definition) is 4. The Kier molecular flexibility index (Phi) is 3.90. The molecule has 0 aromatic heterocycles. The fourth-order valence-corrected chi connectivity index (χ4v) is 2.44. The Bertz CT molecular complexity index is 470. The minimum atomic E-state index is -3.67. The van der Waals surface area contributed by atoms with E-state index >= 15 is 0 Å². The summed E-state index contributed by atoms with van der Waals surface area (Å²) in [6.45, 7) is 1.81. The third-order valence-corrected chi connectivity index (χ3v) is 3.89. The molecule has 1 rings (SSSR count). The van der Waals surface area contributed by atoms with Gasteiger partial charge in [-0.2, -0.15) is 0 Å². The number of methoxy groups -OCH3 is 1. The van der Waals surface area contributed by atoms with Crippen LogP contribution in [0.3, 0.4) is 0 Å². The average Bonchev–Trinajstić information content (AvgIpc) is 2.27. The maximum absolute atomic E-state index is 12.0. The number of ether oxygens (including phenoxy) is 1. The second kappa shape index (κ2) is 4.82. The van der Waals surface area contributed by atoms with Gasteiger partial charge < -0.3 is 4.74 Å². The van der Waals surface area contributed by atoms with Gasteiger partial charge in [-0.1, -0.05) is 10.5 Å². The predicted octanol–water partition coefficient (Wildman–Crippen LogP) is 1.19. The van der Waals surface area contributed by atoms with E-state index in [9.17, 15) is 8.42 Å². The molecule has 0 fully saturated rings. The van der Waals surface area contributed by atoms with Crippen molar-refractivity contribution in [1.82, 2.24) is 4.47 Å². The summed E-state index contributed by atoms with van der Waals surface area (Å²) in [7, 11) is 0.381. The van der Waals surface area contributed by atoms with Gasteiger partial charge in [0, 0.05) is 7.05 Å². The summed E-state index contributed by atoms with van der Waals surface area (Å²) >= 11 is 0. The second-order valence-electron chi connectivity index (χ2n) is 3.25. The summed E-state index contributed by atoms with van der Waals surface area (Å²) in [5.74, 6) is 0.300. The lowest BCUT2D eigenvalue weighted by molar-refractivity contribution is -0.0259. The van der Waals surface area contributed by atoms with E-state index in [0.717, 1.165) is 10.0 Å². The zero-order valence-electron chi connectivity index (χ0n) is 9.72. The fourth-order valence-electron chi connectivity index (χ4n) is 1.22. The molecular formula is C10H15NO4S. The number of aryl methyl sites for hydroxylation is 1. The van der Waals surface area contributed by atoms with Gasteiger partial charge in [-0.05, 0) is 24.6 Å². The summed E-state index contributed by atoms with van der Waals surface area (Å²) in [6.07, 6.45) is 0. The van der Waals surface area contributed by atoms with Crippen molar-refractivity contribution in [3.63, 3.8) is 0 Å². The third kappa shape index (κ3) is 2.34. The largest absolute Gasteiger partial charge is 0.495 e. The van der Waals surface area contributed by atoms with Gasteiger partial charge in [-0.15, -0.1) is 0 Å². The van der Waals surface area contributed by atoms with Crippen molar-refractivity contribution in [2.75, 3.05) is 21.3 Å². The first kappa shape index (κ1) is 13.0. The minimum Gasteiger partial charge on any atom is -0.495 e. The molecule has 1 aromatic rings. The Balaban J connectivity index is 3.37. The first-order chi connectivity index (χ1) is 7.43. The molecule has 0 radical (unpaired) electrons. The van der Waals surface area contributed by atoms with E-state index in [4.69, 9.17) is 9.57 Å². The van der Waals surface area contributed by atoms with E-state index in [1.807, 2.05) is 6.92 Å². The number of rotatable bonds is 4. The van der Waals surface area contributed by atoms with E-state index < -0.39 is 10.0 Å². The van der Waals surface area contributed by atoms with Gasteiger partial charge in [0.25, 0.3) is 10.0 Å². The molecule has 0 aliphatic rings. The quantitative estimate of drug-likeness (QED) is 0.748. The molecule has 90 valence electrons. The lowest BCUT2D eigenvalue weighted by Crippen LogP contribution is -2.26. The Morgan fingerprint density at radius 2 is 1.88 bits per heavy atom. The molecule has 0 aliphatic carbocycles. The van der Waals surface area contributed by atoms with Crippen LogP contribution in [0.4, 0.5) is 0 Å². The van der Waals surface area contributed by atoms with Gasteiger partial charge in [-0.25, -0.2) is 8.42 Å². The van der Waals surface area contributed by atoms with Gasteiger partial charge in [0.05, 0.1) is 14.2 Å². The second-order valence-corrected chi connectivity index (χ2v) is 5.16. The normalized spacial score (nSPS) is 11.8. The van der Waals surface area contributed by atoms with E-state index in [2.05, 4.69) is 0 Å². The van der Waals surface area contributed by atoms with Gasteiger partial charge in [0.1, 0.15) is 10.6 Å². The maximum Gasteiger partial charge on any atom is 0.268 e. The molecule has 0 heterocycles. The first-order valence-corrected chi connectivity index (χ1v) is 6.05. The monoisotopic (exact) mass is 245 g/mol. The summed E-state index contributed by atoms with van der Waals surface area (Å²) in [4.78, 5) is 4.80. The van der Waals surface area contributed by atoms with Crippen LogP contribution in [0.15, 0.2) is 23.1 Å². The van der Waals surface area contributed by atoms with Crippen molar-refractivity contribution in [3.8, 4) is 5.75 Å². The van der Waals surface area contributed by atoms with Crippen LogP contribution in [0, 0.1) is 6.92 Å². The van der Waals surface area contributed by atoms with Gasteiger partial charge in [0.15, 0.2) is 0 Å². The molecule has 0 N–H and O–H groups in total. The lowest BCUT2D eigenvalue weighted by atomic mass is 10.2. The Hall–Kier alpha value is -1.11. The standard InChI is InChI=1S/C10H15NO4S/c1-8-5-6-9(14-3)10(7-8)16(12,13)11(2)15-4/h5-7H,1-4H3. The highest BCUT2D eigenvalue weighted by Crippen LogP contribution is 2.26. The smallest absolute Gasteiger partial charge is 0.268 e. The van der Waals surface area contributed by atoms with Crippen molar-refractivity contribution in [3.05, 3.63) is 23.8 Å². The number of hydroxylamine groups is 1. The van der Waals surface area contributed by atoms with Crippen molar-refractivity contribution in [2.24, 2.45) is 0 Å². The molecule has 0 amide bonds. The summed E-state index contributed by atoms with van der Waals surface area (Å²) in [6, 6.07) is 4.94. The zero-order valence-corrected chi connectivity index (χ0v) is 10.5. The highest BCUT2D eigenvalue weighted by molar-refractivity contribution is 7.89. The minimum absolute atomic E-state index is 0.0966. The Morgan fingerprint density at radius 1 is 1.25 bits per heavy atom. The van der Waals surface area contributed by atoms with Crippen LogP contribution < -0.4 is 4.74 Å². The van der Waals surface area contributed by atoms with Crippen molar-refractivity contribution in [2.45, 2.75) is 11.8 Å². The van der Waals surface area contributed by atoms with Crippen molar-refractivity contribution in [1.29, 1.82) is 0 Å². The van der Waals surface area contributed by atoms with E-state index in [-0.39, 0.29) is 4.90 Å². The fraction of sp³-hybridized carbons (Fsp3) is 0.400. The molecule has 0 saturated carbocycles. The van der Waals surface area contributed by atoms with Gasteiger partial charge >= 0.3 is 0 Å². The molecule has 16 heavy (non-hydrogen) atoms. The van der Waals surface area contributed by atoms with Crippen LogP contribution in [0.5, 0.6) is 5.75 Å². The maximum atomic E-state index is 12.0. The van der Waals surface area contributed by atoms with Crippen LogP contribution >= 0.6 is 0 Å². The average molecular weight is 245 g/mol. The predicted molar refractivity (Wildman–Crippen MR) is 59.7 cm³/mol. The van der Waals surface area contributed by atoms with Gasteiger partial charge in [0.2, 0.25) is 0 Å². The molecule has 5 nitrogen and oxygen atoms in total. The number of nitrogens with zero attached hydrogens (tertiary/aromatic N) is 1. The van der Waals surface area contributed by atoms with Crippen LogP contribution in [-0.4, -0.2) is 34.2 Å². The molecule has 0 atom stereocenters. The number of hydrogen-bond donors (Lipinski definition) is 0. The topological polar surface area (TPSA) is 55.8 Å². The summed E-state index contributed by atoms with van der Waals surface area (Å²) in [5, 5.41) is 0. The Morgan fingerprint density at radius 3 is 2.38 bits per heavy atom. The van der Waals surface area contributed by atoms with Gasteiger partial charge in [-0.3, -0.25) is 4.84 Å². The molecule has 0 saturated heterocycles. The van der Waals surface area contributed by atoms with E-state index in [1.165, 1.54) is 21.3 Å². The summed E-state index contributed by atoms with van der Waals surface area (Å²) < 4.78 is 29.8. The van der Waals surface area contributed by atoms with Crippen LogP contribution in [-0.2, 0) is 14.9 Å².